The van der Waals surface area contributed by atoms with E-state index < -0.39 is 11.6 Å². The molecule has 1 heterocycles. The number of hydrogen-bond donors (Lipinski definition) is 1. The van der Waals surface area contributed by atoms with Crippen LogP contribution in [-0.4, -0.2) is 7.05 Å². The van der Waals surface area contributed by atoms with Crippen molar-refractivity contribution in [1.82, 2.24) is 5.32 Å². The smallest absolute Gasteiger partial charge is 0.131 e. The van der Waals surface area contributed by atoms with Crippen molar-refractivity contribution < 1.29 is 8.78 Å². The molecule has 0 bridgehead atoms. The predicted molar refractivity (Wildman–Crippen MR) is 71.1 cm³/mol. The van der Waals surface area contributed by atoms with Crippen molar-refractivity contribution in [3.63, 3.8) is 0 Å². The van der Waals surface area contributed by atoms with Crippen LogP contribution in [-0.2, 0) is 0 Å². The van der Waals surface area contributed by atoms with Crippen LogP contribution in [0.15, 0.2) is 24.3 Å². The van der Waals surface area contributed by atoms with Crippen molar-refractivity contribution in [2.45, 2.75) is 19.9 Å². The van der Waals surface area contributed by atoms with Gasteiger partial charge >= 0.3 is 0 Å². The summed E-state index contributed by atoms with van der Waals surface area (Å²) in [6.45, 7) is 4.03. The quantitative estimate of drug-likeness (QED) is 0.887. The van der Waals surface area contributed by atoms with Crippen LogP contribution in [0.5, 0.6) is 0 Å². The van der Waals surface area contributed by atoms with E-state index in [0.29, 0.717) is 5.56 Å². The average molecular weight is 267 g/mol. The van der Waals surface area contributed by atoms with Crippen LogP contribution >= 0.6 is 11.3 Å². The number of nitrogens with one attached hydrogen (secondary N) is 1. The topological polar surface area (TPSA) is 12.0 Å². The first-order valence-corrected chi connectivity index (χ1v) is 6.53. The van der Waals surface area contributed by atoms with Gasteiger partial charge in [-0.25, -0.2) is 8.78 Å². The molecule has 0 fully saturated rings. The Bertz CT molecular complexity index is 563. The van der Waals surface area contributed by atoms with Gasteiger partial charge in [0.1, 0.15) is 11.6 Å². The summed E-state index contributed by atoms with van der Waals surface area (Å²) >= 11 is 1.63. The first-order chi connectivity index (χ1) is 8.52. The Labute approximate surface area is 109 Å². The van der Waals surface area contributed by atoms with E-state index in [1.165, 1.54) is 17.0 Å². The van der Waals surface area contributed by atoms with Crippen LogP contribution in [0.2, 0.25) is 0 Å². The molecule has 18 heavy (non-hydrogen) atoms. The molecule has 1 atom stereocenters. The maximum atomic E-state index is 13.8. The third-order valence-corrected chi connectivity index (χ3v) is 4.12. The molecule has 1 aromatic heterocycles. The highest BCUT2D eigenvalue weighted by Crippen LogP contribution is 2.32. The van der Waals surface area contributed by atoms with Crippen molar-refractivity contribution >= 4 is 11.3 Å². The average Bonchev–Trinajstić information content (AvgIpc) is 2.62. The summed E-state index contributed by atoms with van der Waals surface area (Å²) in [7, 11) is 1.78. The lowest BCUT2D eigenvalue weighted by atomic mass is 10.0. The minimum Gasteiger partial charge on any atom is -0.309 e. The van der Waals surface area contributed by atoms with Crippen molar-refractivity contribution in [2.75, 3.05) is 7.05 Å². The highest BCUT2D eigenvalue weighted by molar-refractivity contribution is 7.12. The summed E-state index contributed by atoms with van der Waals surface area (Å²) in [5.74, 6) is -1.06. The molecule has 2 aromatic rings. The van der Waals surface area contributed by atoms with Gasteiger partial charge in [-0.1, -0.05) is 6.07 Å². The Hall–Kier alpha value is -1.26. The molecule has 1 unspecified atom stereocenters. The highest BCUT2D eigenvalue weighted by atomic mass is 32.1. The maximum absolute atomic E-state index is 13.8. The zero-order valence-corrected chi connectivity index (χ0v) is 11.4. The summed E-state index contributed by atoms with van der Waals surface area (Å²) in [5.41, 5.74) is 1.60. The van der Waals surface area contributed by atoms with Crippen LogP contribution in [0, 0.1) is 25.5 Å². The largest absolute Gasteiger partial charge is 0.309 e. The second kappa shape index (κ2) is 5.16. The fourth-order valence-electron chi connectivity index (χ4n) is 2.11. The monoisotopic (exact) mass is 267 g/mol. The SMILES string of the molecule is CNC(c1ccc(F)cc1F)c1sc(C)cc1C. The minimum absolute atomic E-state index is 0.232. The first-order valence-electron chi connectivity index (χ1n) is 5.72. The lowest BCUT2D eigenvalue weighted by molar-refractivity contribution is 0.553. The molecule has 1 aromatic carbocycles. The van der Waals surface area contributed by atoms with Crippen molar-refractivity contribution in [3.05, 3.63) is 56.8 Å². The van der Waals surface area contributed by atoms with E-state index in [9.17, 15) is 8.78 Å². The number of aryl methyl sites for hydroxylation is 2. The molecule has 0 radical (unpaired) electrons. The third-order valence-electron chi connectivity index (χ3n) is 2.90. The molecule has 96 valence electrons. The van der Waals surface area contributed by atoms with Crippen LogP contribution in [0.4, 0.5) is 8.78 Å². The van der Waals surface area contributed by atoms with Crippen molar-refractivity contribution in [3.8, 4) is 0 Å². The van der Waals surface area contributed by atoms with E-state index in [0.717, 1.165) is 16.5 Å². The van der Waals surface area contributed by atoms with Gasteiger partial charge in [-0.3, -0.25) is 0 Å². The molecule has 0 aliphatic rings. The lowest BCUT2D eigenvalue weighted by Gasteiger charge is -2.17. The van der Waals surface area contributed by atoms with Crippen LogP contribution in [0.25, 0.3) is 0 Å². The first kappa shape index (κ1) is 13.2. The van der Waals surface area contributed by atoms with Gasteiger partial charge in [0.25, 0.3) is 0 Å². The third kappa shape index (κ3) is 2.44. The molecule has 0 spiro atoms. The van der Waals surface area contributed by atoms with E-state index in [-0.39, 0.29) is 6.04 Å². The van der Waals surface area contributed by atoms with E-state index in [1.807, 2.05) is 13.8 Å². The number of thiophene rings is 1. The van der Waals surface area contributed by atoms with Gasteiger partial charge in [0.15, 0.2) is 0 Å². The number of halogens is 2. The summed E-state index contributed by atoms with van der Waals surface area (Å²) in [4.78, 5) is 2.26. The molecule has 4 heteroatoms. The van der Waals surface area contributed by atoms with Crippen molar-refractivity contribution in [2.24, 2.45) is 0 Å². The van der Waals surface area contributed by atoms with E-state index >= 15 is 0 Å². The van der Waals surface area contributed by atoms with E-state index in [4.69, 9.17) is 0 Å². The Kier molecular flexibility index (Phi) is 3.78. The van der Waals surface area contributed by atoms with Crippen LogP contribution in [0.3, 0.4) is 0 Å². The van der Waals surface area contributed by atoms with E-state index in [1.54, 1.807) is 18.4 Å². The molecule has 0 aliphatic heterocycles. The number of hydrogen-bond acceptors (Lipinski definition) is 2. The second-order valence-corrected chi connectivity index (χ2v) is 5.58. The summed E-state index contributed by atoms with van der Waals surface area (Å²) < 4.78 is 26.8. The predicted octanol–water partition coefficient (Wildman–Crippen LogP) is 3.95. The summed E-state index contributed by atoms with van der Waals surface area (Å²) in [6, 6.07) is 5.56. The van der Waals surface area contributed by atoms with Crippen molar-refractivity contribution in [1.29, 1.82) is 0 Å². The lowest BCUT2D eigenvalue weighted by Crippen LogP contribution is -2.18. The Morgan fingerprint density at radius 3 is 2.39 bits per heavy atom. The fraction of sp³-hybridized carbons (Fsp3) is 0.286. The van der Waals surface area contributed by atoms with Gasteiger partial charge in [-0.15, -0.1) is 11.3 Å². The van der Waals surface area contributed by atoms with Crippen LogP contribution < -0.4 is 5.32 Å². The molecular formula is C14H15F2NS. The maximum Gasteiger partial charge on any atom is 0.131 e. The minimum atomic E-state index is -0.551. The molecule has 1 N–H and O–H groups in total. The Balaban J connectivity index is 2.48. The molecule has 1 nitrogen and oxygen atoms in total. The van der Waals surface area contributed by atoms with Gasteiger partial charge in [-0.2, -0.15) is 0 Å². The molecule has 0 saturated heterocycles. The Morgan fingerprint density at radius 1 is 1.17 bits per heavy atom. The van der Waals surface area contributed by atoms with Gasteiger partial charge in [0.05, 0.1) is 6.04 Å². The highest BCUT2D eigenvalue weighted by Gasteiger charge is 2.20. The zero-order chi connectivity index (χ0) is 13.3. The summed E-state index contributed by atoms with van der Waals surface area (Å²) in [5, 5.41) is 3.10. The van der Waals surface area contributed by atoms with Gasteiger partial charge in [-0.05, 0) is 38.6 Å². The Morgan fingerprint density at radius 2 is 1.89 bits per heavy atom. The molecule has 0 saturated carbocycles. The normalized spacial score (nSPS) is 12.7. The molecule has 0 amide bonds. The molecular weight excluding hydrogens is 252 g/mol. The molecule has 2 rings (SSSR count). The number of rotatable bonds is 3. The van der Waals surface area contributed by atoms with Gasteiger partial charge in [0.2, 0.25) is 0 Å². The molecule has 0 aliphatic carbocycles. The summed E-state index contributed by atoms with van der Waals surface area (Å²) in [6.07, 6.45) is 0. The van der Waals surface area contributed by atoms with Gasteiger partial charge < -0.3 is 5.32 Å². The second-order valence-electron chi connectivity index (χ2n) is 4.29. The standard InChI is InChI=1S/C14H15F2NS/c1-8-6-9(2)18-14(8)13(17-3)11-5-4-10(15)7-12(11)16/h4-7,13,17H,1-3H3. The van der Waals surface area contributed by atoms with E-state index in [2.05, 4.69) is 11.4 Å². The van der Waals surface area contributed by atoms with Crippen LogP contribution in [0.1, 0.15) is 26.9 Å². The number of benzene rings is 1. The fourth-order valence-corrected chi connectivity index (χ4v) is 3.27. The zero-order valence-electron chi connectivity index (χ0n) is 10.6. The van der Waals surface area contributed by atoms with Gasteiger partial charge in [0, 0.05) is 21.4 Å².